The molecule has 0 radical (unpaired) electrons. The average Bonchev–Trinajstić information content (AvgIpc) is 2.71. The number of carbonyl (C=O) groups excluding carboxylic acids is 2. The van der Waals surface area contributed by atoms with Gasteiger partial charge in [0.2, 0.25) is 0 Å². The number of anilines is 1. The van der Waals surface area contributed by atoms with Crippen molar-refractivity contribution in [3.63, 3.8) is 0 Å². The van der Waals surface area contributed by atoms with Crippen LogP contribution in [0.15, 0.2) is 30.5 Å². The maximum absolute atomic E-state index is 13.0. The number of aldehydes is 1. The van der Waals surface area contributed by atoms with Gasteiger partial charge in [-0.15, -0.1) is 0 Å². The molecule has 3 rings (SSSR count). The number of aromatic nitrogens is 1. The van der Waals surface area contributed by atoms with Crippen molar-refractivity contribution in [3.8, 4) is 0 Å². The number of benzene rings is 1. The topological polar surface area (TPSA) is 74.3 Å². The van der Waals surface area contributed by atoms with Gasteiger partial charge in [0.15, 0.2) is 5.69 Å². The summed E-state index contributed by atoms with van der Waals surface area (Å²) in [6, 6.07) is 3.39. The number of fused-ring (bicyclic) bond motifs is 1. The van der Waals surface area contributed by atoms with Gasteiger partial charge in [-0.25, -0.2) is 13.6 Å². The summed E-state index contributed by atoms with van der Waals surface area (Å²) in [7, 11) is 1.73. The van der Waals surface area contributed by atoms with E-state index in [1.54, 1.807) is 7.05 Å². The van der Waals surface area contributed by atoms with Gasteiger partial charge in [0.25, 0.3) is 0 Å². The zero-order valence-electron chi connectivity index (χ0n) is 16.9. The van der Waals surface area contributed by atoms with Crippen molar-refractivity contribution in [1.29, 1.82) is 0 Å². The van der Waals surface area contributed by atoms with Crippen LogP contribution in [-0.4, -0.2) is 35.3 Å². The second kappa shape index (κ2) is 9.82. The molecule has 2 heterocycles. The van der Waals surface area contributed by atoms with Gasteiger partial charge >= 0.3 is 12.2 Å². The van der Waals surface area contributed by atoms with E-state index in [1.165, 1.54) is 25.1 Å². The van der Waals surface area contributed by atoms with Crippen LogP contribution in [0.3, 0.4) is 0 Å². The van der Waals surface area contributed by atoms with E-state index in [2.05, 4.69) is 15.6 Å². The quantitative estimate of drug-likeness (QED) is 0.545. The maximum atomic E-state index is 13.0. The summed E-state index contributed by atoms with van der Waals surface area (Å²) < 4.78 is 63.9. The van der Waals surface area contributed by atoms with E-state index in [0.717, 1.165) is 17.2 Å². The lowest BCUT2D eigenvalue weighted by Gasteiger charge is -2.32. The van der Waals surface area contributed by atoms with Crippen LogP contribution < -0.4 is 10.6 Å². The number of carbonyl (C=O) groups is 2. The summed E-state index contributed by atoms with van der Waals surface area (Å²) in [6.45, 7) is 2.95. The largest absolute Gasteiger partial charge is 0.433 e. The van der Waals surface area contributed by atoms with Gasteiger partial charge in [0, 0.05) is 29.4 Å². The van der Waals surface area contributed by atoms with Crippen LogP contribution in [-0.2, 0) is 17.5 Å². The third kappa shape index (κ3) is 5.75. The predicted octanol–water partition coefficient (Wildman–Crippen LogP) is 4.28. The first-order valence-corrected chi connectivity index (χ1v) is 9.19. The summed E-state index contributed by atoms with van der Waals surface area (Å²) in [6.07, 6.45) is -3.13. The number of hydrogen-bond donors (Lipinski definition) is 2. The zero-order chi connectivity index (χ0) is 23.3. The molecule has 0 aliphatic carbocycles. The monoisotopic (exact) mass is 444 g/mol. The fourth-order valence-electron chi connectivity index (χ4n) is 2.85. The van der Waals surface area contributed by atoms with Crippen LogP contribution in [0.1, 0.15) is 36.7 Å². The number of hydrogen-bond acceptors (Lipinski definition) is 4. The lowest BCUT2D eigenvalue weighted by Crippen LogP contribution is -2.45. The molecule has 1 aliphatic heterocycles. The Morgan fingerprint density at radius 1 is 1.23 bits per heavy atom. The summed E-state index contributed by atoms with van der Waals surface area (Å²) in [5.74, 6) is -1.04. The van der Waals surface area contributed by atoms with Crippen molar-refractivity contribution < 1.29 is 31.5 Å². The molecule has 2 atom stereocenters. The molecule has 0 saturated heterocycles. The molecule has 0 fully saturated rings. The fourth-order valence-corrected chi connectivity index (χ4v) is 2.85. The number of halogens is 5. The molecule has 2 unspecified atom stereocenters. The summed E-state index contributed by atoms with van der Waals surface area (Å²) in [5.41, 5.74) is -0.628. The second-order valence-corrected chi connectivity index (χ2v) is 6.79. The van der Waals surface area contributed by atoms with Gasteiger partial charge in [-0.1, -0.05) is 6.07 Å². The van der Waals surface area contributed by atoms with Crippen LogP contribution in [0.4, 0.5) is 32.4 Å². The number of alkyl halides is 3. The van der Waals surface area contributed by atoms with Gasteiger partial charge in [0.1, 0.15) is 17.9 Å². The van der Waals surface area contributed by atoms with Crippen LogP contribution in [0.25, 0.3) is 0 Å². The van der Waals surface area contributed by atoms with E-state index in [9.17, 15) is 31.5 Å². The highest BCUT2D eigenvalue weighted by molar-refractivity contribution is 5.94. The standard InChI is InChI=1S/C11H10F3N3O2.C9H11F2N/c1-6(5-18)17-4-7-8(16-10(17)19)2-3-15-9(7)11(12,13)14;1-6(12-2)8-4-3-7(10)5-9(8)11/h2-3,5-6H,4H2,1H3,(H,16,19);3-6,12H,1-2H3. The lowest BCUT2D eigenvalue weighted by molar-refractivity contribution is -0.142. The molecule has 31 heavy (non-hydrogen) atoms. The number of urea groups is 1. The molecule has 168 valence electrons. The lowest BCUT2D eigenvalue weighted by atomic mass is 10.1. The molecule has 2 amide bonds. The molecule has 2 aromatic rings. The van der Waals surface area contributed by atoms with E-state index in [4.69, 9.17) is 0 Å². The van der Waals surface area contributed by atoms with Crippen LogP contribution in [0.5, 0.6) is 0 Å². The molecular weight excluding hydrogens is 423 g/mol. The van der Waals surface area contributed by atoms with Crippen LogP contribution in [0, 0.1) is 11.6 Å². The van der Waals surface area contributed by atoms with Crippen molar-refractivity contribution in [2.75, 3.05) is 12.4 Å². The third-order valence-corrected chi connectivity index (χ3v) is 4.71. The Morgan fingerprint density at radius 2 is 1.90 bits per heavy atom. The molecule has 1 aliphatic rings. The minimum Gasteiger partial charge on any atom is -0.313 e. The molecule has 6 nitrogen and oxygen atoms in total. The Morgan fingerprint density at radius 3 is 2.45 bits per heavy atom. The van der Waals surface area contributed by atoms with Gasteiger partial charge in [-0.05, 0) is 33.0 Å². The minimum atomic E-state index is -4.61. The molecular formula is C20H21F5N4O2. The Balaban J connectivity index is 0.000000245. The van der Waals surface area contributed by atoms with E-state index < -0.39 is 35.6 Å². The first-order valence-electron chi connectivity index (χ1n) is 9.19. The van der Waals surface area contributed by atoms with E-state index >= 15 is 0 Å². The van der Waals surface area contributed by atoms with Crippen molar-refractivity contribution in [2.45, 2.75) is 38.7 Å². The Labute approximate surface area is 175 Å². The maximum Gasteiger partial charge on any atom is 0.433 e. The number of amides is 2. The summed E-state index contributed by atoms with van der Waals surface area (Å²) in [5, 5.41) is 5.20. The molecule has 1 aromatic heterocycles. The Hall–Kier alpha value is -3.08. The normalized spacial score (nSPS) is 15.2. The van der Waals surface area contributed by atoms with Gasteiger partial charge in [-0.2, -0.15) is 13.2 Å². The van der Waals surface area contributed by atoms with Crippen LogP contribution in [0.2, 0.25) is 0 Å². The predicted molar refractivity (Wildman–Crippen MR) is 103 cm³/mol. The van der Waals surface area contributed by atoms with E-state index in [-0.39, 0.29) is 23.8 Å². The average molecular weight is 444 g/mol. The number of rotatable bonds is 4. The van der Waals surface area contributed by atoms with Crippen LogP contribution >= 0.6 is 0 Å². The highest BCUT2D eigenvalue weighted by atomic mass is 19.4. The van der Waals surface area contributed by atoms with Gasteiger partial charge in [0.05, 0.1) is 18.3 Å². The van der Waals surface area contributed by atoms with Crippen molar-refractivity contribution >= 4 is 18.0 Å². The third-order valence-electron chi connectivity index (χ3n) is 4.71. The molecule has 0 saturated carbocycles. The molecule has 0 spiro atoms. The Kier molecular flexibility index (Phi) is 7.66. The Bertz CT molecular complexity index is 952. The van der Waals surface area contributed by atoms with Crippen molar-refractivity contribution in [2.24, 2.45) is 0 Å². The SMILES string of the molecule is CC(C=O)N1Cc2c(ccnc2C(F)(F)F)NC1=O.CNC(C)c1ccc(F)cc1F. The van der Waals surface area contributed by atoms with Gasteiger partial charge in [-0.3, -0.25) is 4.98 Å². The first-order chi connectivity index (χ1) is 14.5. The summed E-state index contributed by atoms with van der Waals surface area (Å²) >= 11 is 0. The molecule has 0 bridgehead atoms. The van der Waals surface area contributed by atoms with Crippen molar-refractivity contribution in [3.05, 3.63) is 58.9 Å². The molecule has 2 N–H and O–H groups in total. The van der Waals surface area contributed by atoms with E-state index in [0.29, 0.717) is 11.8 Å². The zero-order valence-corrected chi connectivity index (χ0v) is 16.9. The number of nitrogens with one attached hydrogen (secondary N) is 2. The smallest absolute Gasteiger partial charge is 0.313 e. The summed E-state index contributed by atoms with van der Waals surface area (Å²) in [4.78, 5) is 26.7. The highest BCUT2D eigenvalue weighted by Crippen LogP contribution is 2.36. The second-order valence-electron chi connectivity index (χ2n) is 6.79. The highest BCUT2D eigenvalue weighted by Gasteiger charge is 2.39. The number of nitrogens with zero attached hydrogens (tertiary/aromatic N) is 2. The first kappa shape index (κ1) is 24.2. The van der Waals surface area contributed by atoms with Gasteiger partial charge < -0.3 is 20.3 Å². The minimum absolute atomic E-state index is 0.0710. The number of pyridine rings is 1. The molecule has 1 aromatic carbocycles. The molecule has 11 heteroatoms. The van der Waals surface area contributed by atoms with Crippen molar-refractivity contribution in [1.82, 2.24) is 15.2 Å². The fraction of sp³-hybridized carbons (Fsp3) is 0.350. The van der Waals surface area contributed by atoms with E-state index in [1.807, 2.05) is 6.92 Å².